The number of halogens is 2. The van der Waals surface area contributed by atoms with E-state index in [0.29, 0.717) is 38.8 Å². The van der Waals surface area contributed by atoms with Crippen LogP contribution in [0.25, 0.3) is 22.2 Å². The van der Waals surface area contributed by atoms with Crippen molar-refractivity contribution in [1.82, 2.24) is 4.98 Å². The van der Waals surface area contributed by atoms with Gasteiger partial charge in [0.15, 0.2) is 12.4 Å². The van der Waals surface area contributed by atoms with E-state index in [0.717, 1.165) is 31.4 Å². The maximum atomic E-state index is 13.2. The second kappa shape index (κ2) is 11.1. The number of para-hydroxylation sites is 1. The Morgan fingerprint density at radius 1 is 0.976 bits per heavy atom. The molecule has 1 saturated heterocycles. The first-order valence-corrected chi connectivity index (χ1v) is 14.1. The molecule has 0 N–H and O–H groups in total. The molecule has 0 bridgehead atoms. The van der Waals surface area contributed by atoms with Crippen LogP contribution in [0.15, 0.2) is 72.8 Å². The van der Waals surface area contributed by atoms with Crippen molar-refractivity contribution in [3.8, 4) is 11.3 Å². The number of rotatable bonds is 6. The van der Waals surface area contributed by atoms with Gasteiger partial charge in [-0.3, -0.25) is 19.3 Å². The quantitative estimate of drug-likeness (QED) is 0.143. The molecule has 42 heavy (non-hydrogen) atoms. The van der Waals surface area contributed by atoms with Crippen LogP contribution in [0.5, 0.6) is 0 Å². The predicted octanol–water partition coefficient (Wildman–Crippen LogP) is 6.66. The number of fused-ring (bicyclic) bond motifs is 2. The van der Waals surface area contributed by atoms with E-state index in [9.17, 15) is 23.6 Å². The molecular formula is C33H26ClFN2O5. The monoisotopic (exact) mass is 584 g/mol. The van der Waals surface area contributed by atoms with Gasteiger partial charge in [0, 0.05) is 16.5 Å². The Hall–Kier alpha value is -4.43. The van der Waals surface area contributed by atoms with Crippen LogP contribution in [0.3, 0.4) is 0 Å². The number of ether oxygens (including phenoxy) is 1. The molecule has 2 heterocycles. The van der Waals surface area contributed by atoms with Crippen molar-refractivity contribution in [2.75, 3.05) is 11.5 Å². The van der Waals surface area contributed by atoms with E-state index in [1.165, 1.54) is 17.0 Å². The molecule has 1 aliphatic heterocycles. The molecule has 3 aromatic carbocycles. The number of ketones is 1. The fraction of sp³-hybridized carbons (Fsp3) is 0.242. The van der Waals surface area contributed by atoms with Crippen molar-refractivity contribution in [3.63, 3.8) is 0 Å². The number of anilines is 1. The van der Waals surface area contributed by atoms with Gasteiger partial charge in [-0.15, -0.1) is 0 Å². The largest absolute Gasteiger partial charge is 0.454 e. The lowest BCUT2D eigenvalue weighted by molar-refractivity contribution is -0.122. The molecule has 3 atom stereocenters. The lowest BCUT2D eigenvalue weighted by Crippen LogP contribution is -2.30. The van der Waals surface area contributed by atoms with Gasteiger partial charge in [0.1, 0.15) is 5.82 Å². The molecule has 1 aromatic heterocycles. The first kappa shape index (κ1) is 27.7. The van der Waals surface area contributed by atoms with E-state index in [1.54, 1.807) is 48.5 Å². The number of esters is 1. The Kier molecular flexibility index (Phi) is 7.33. The summed E-state index contributed by atoms with van der Waals surface area (Å²) in [5.41, 5.74) is 2.30. The highest BCUT2D eigenvalue weighted by Crippen LogP contribution is 2.42. The normalized spacial score (nSPS) is 20.1. The van der Waals surface area contributed by atoms with E-state index < -0.39 is 24.2 Å². The number of pyridine rings is 1. The van der Waals surface area contributed by atoms with Crippen LogP contribution in [0.4, 0.5) is 10.1 Å². The van der Waals surface area contributed by atoms with Crippen LogP contribution < -0.4 is 4.90 Å². The predicted molar refractivity (Wildman–Crippen MR) is 156 cm³/mol. The van der Waals surface area contributed by atoms with E-state index in [4.69, 9.17) is 16.3 Å². The summed E-state index contributed by atoms with van der Waals surface area (Å²) in [5.74, 6) is -2.12. The maximum absolute atomic E-state index is 13.2. The third-order valence-corrected chi connectivity index (χ3v) is 8.42. The van der Waals surface area contributed by atoms with Crippen molar-refractivity contribution < 1.29 is 28.3 Å². The molecule has 9 heteroatoms. The second-order valence-electron chi connectivity index (χ2n) is 10.9. The smallest absolute Gasteiger partial charge is 0.339 e. The number of hydrogen-bond donors (Lipinski definition) is 0. The van der Waals surface area contributed by atoms with Gasteiger partial charge in [0.2, 0.25) is 11.8 Å². The third-order valence-electron chi connectivity index (χ3n) is 8.12. The van der Waals surface area contributed by atoms with Crippen molar-refractivity contribution in [1.29, 1.82) is 0 Å². The number of carbonyl (C=O) groups excluding carboxylic acids is 4. The van der Waals surface area contributed by atoms with Crippen LogP contribution >= 0.6 is 11.6 Å². The average Bonchev–Trinajstić information content (AvgIpc) is 3.24. The number of nitrogens with zero attached hydrogens (tertiary/aromatic N) is 2. The summed E-state index contributed by atoms with van der Waals surface area (Å²) in [4.78, 5) is 57.9. The zero-order valence-electron chi connectivity index (χ0n) is 22.7. The number of carbonyl (C=O) groups is 4. The Labute approximate surface area is 246 Å². The molecule has 3 unspecified atom stereocenters. The summed E-state index contributed by atoms with van der Waals surface area (Å²) in [6.07, 6.45) is 2.38. The second-order valence-corrected chi connectivity index (χ2v) is 11.3. The summed E-state index contributed by atoms with van der Waals surface area (Å²) in [6, 6.07) is 18.4. The highest BCUT2D eigenvalue weighted by Gasteiger charge is 2.49. The Morgan fingerprint density at radius 3 is 2.43 bits per heavy atom. The lowest BCUT2D eigenvalue weighted by Gasteiger charge is -2.25. The standard InChI is InChI=1S/C33H26ClFN2O5/c1-18-5-14-24-25(15-18)32(40)37(31(24)39)22-12-8-19(9-13-22)28-16-26(23-3-2-4-27(34)30(23)36-28)33(41)42-17-29(38)20-6-10-21(35)11-7-20/h2-4,6-13,16,18,24-25H,5,14-15,17H2,1H3. The maximum Gasteiger partial charge on any atom is 0.339 e. The third kappa shape index (κ3) is 5.07. The molecular weight excluding hydrogens is 559 g/mol. The first-order chi connectivity index (χ1) is 20.2. The van der Waals surface area contributed by atoms with Gasteiger partial charge >= 0.3 is 5.97 Å². The van der Waals surface area contributed by atoms with E-state index in [-0.39, 0.29) is 34.8 Å². The molecule has 0 radical (unpaired) electrons. The molecule has 1 saturated carbocycles. The number of Topliss-reactive ketones (excluding diaryl/α,β-unsaturated/α-hetero) is 1. The van der Waals surface area contributed by atoms with Crippen LogP contribution in [0.2, 0.25) is 5.02 Å². The number of amides is 2. The number of benzene rings is 3. The zero-order valence-corrected chi connectivity index (χ0v) is 23.4. The van der Waals surface area contributed by atoms with Crippen molar-refractivity contribution in [2.45, 2.75) is 26.2 Å². The van der Waals surface area contributed by atoms with E-state index in [1.807, 2.05) is 0 Å². The van der Waals surface area contributed by atoms with Gasteiger partial charge in [-0.2, -0.15) is 0 Å². The highest BCUT2D eigenvalue weighted by molar-refractivity contribution is 6.35. The van der Waals surface area contributed by atoms with Crippen LogP contribution in [-0.4, -0.2) is 35.2 Å². The van der Waals surface area contributed by atoms with Gasteiger partial charge in [-0.05, 0) is 73.7 Å². The minimum absolute atomic E-state index is 0.152. The number of aromatic nitrogens is 1. The Morgan fingerprint density at radius 2 is 1.69 bits per heavy atom. The van der Waals surface area contributed by atoms with Gasteiger partial charge in [0.25, 0.3) is 0 Å². The Balaban J connectivity index is 1.28. The molecule has 2 amide bonds. The van der Waals surface area contributed by atoms with Crippen LogP contribution in [-0.2, 0) is 14.3 Å². The summed E-state index contributed by atoms with van der Waals surface area (Å²) in [5, 5.41) is 0.777. The zero-order chi connectivity index (χ0) is 29.5. The molecule has 2 aliphatic rings. The molecule has 0 spiro atoms. The van der Waals surface area contributed by atoms with Crippen molar-refractivity contribution in [3.05, 3.63) is 94.8 Å². The summed E-state index contributed by atoms with van der Waals surface area (Å²) >= 11 is 6.45. The molecule has 212 valence electrons. The molecule has 4 aromatic rings. The SMILES string of the molecule is CC1CCC2C(=O)N(c3ccc(-c4cc(C(=O)OCC(=O)c5ccc(F)cc5)c5cccc(Cl)c5n4)cc3)C(=O)C2C1. The molecule has 7 nitrogen and oxygen atoms in total. The summed E-state index contributed by atoms with van der Waals surface area (Å²) < 4.78 is 18.6. The average molecular weight is 585 g/mol. The van der Waals surface area contributed by atoms with Gasteiger partial charge in [-0.1, -0.05) is 42.8 Å². The van der Waals surface area contributed by atoms with Crippen LogP contribution in [0, 0.1) is 23.6 Å². The van der Waals surface area contributed by atoms with Crippen LogP contribution in [0.1, 0.15) is 46.9 Å². The molecule has 1 aliphatic carbocycles. The summed E-state index contributed by atoms with van der Waals surface area (Å²) in [7, 11) is 0. The number of hydrogen-bond acceptors (Lipinski definition) is 6. The minimum atomic E-state index is -0.747. The van der Waals surface area contributed by atoms with Crippen molar-refractivity contribution in [2.24, 2.45) is 17.8 Å². The lowest BCUT2D eigenvalue weighted by atomic mass is 9.76. The van der Waals surface area contributed by atoms with Gasteiger partial charge in [0.05, 0.1) is 39.3 Å². The Bertz CT molecular complexity index is 1740. The molecule has 2 fully saturated rings. The van der Waals surface area contributed by atoms with Crippen molar-refractivity contribution >= 4 is 51.8 Å². The fourth-order valence-electron chi connectivity index (χ4n) is 5.88. The minimum Gasteiger partial charge on any atom is -0.454 e. The summed E-state index contributed by atoms with van der Waals surface area (Å²) in [6.45, 7) is 1.58. The topological polar surface area (TPSA) is 93.6 Å². The van der Waals surface area contributed by atoms with E-state index in [2.05, 4.69) is 11.9 Å². The van der Waals surface area contributed by atoms with Gasteiger partial charge < -0.3 is 4.74 Å². The first-order valence-electron chi connectivity index (χ1n) is 13.7. The van der Waals surface area contributed by atoms with E-state index >= 15 is 0 Å². The van der Waals surface area contributed by atoms with Gasteiger partial charge in [-0.25, -0.2) is 14.2 Å². The number of imide groups is 1. The molecule has 6 rings (SSSR count). The fourth-order valence-corrected chi connectivity index (χ4v) is 6.10. The highest BCUT2D eigenvalue weighted by atomic mass is 35.5.